The molecule has 0 radical (unpaired) electrons. The van der Waals surface area contributed by atoms with Gasteiger partial charge in [-0.15, -0.1) is 0 Å². The van der Waals surface area contributed by atoms with E-state index < -0.39 is 71.7 Å². The molecule has 4 heterocycles. The zero-order chi connectivity index (χ0) is 39.7. The van der Waals surface area contributed by atoms with Crippen LogP contribution in [0.4, 0.5) is 0 Å². The Morgan fingerprint density at radius 2 is 1.80 bits per heavy atom. The van der Waals surface area contributed by atoms with E-state index in [-0.39, 0.29) is 48.3 Å². The van der Waals surface area contributed by atoms with Crippen LogP contribution in [-0.2, 0) is 28.5 Å². The number of ether oxygens (including phenoxy) is 5. The largest absolute Gasteiger partial charge is 0.504 e. The number of hydrogen-bond acceptors (Lipinski definition) is 12. The Labute approximate surface area is 320 Å². The van der Waals surface area contributed by atoms with Gasteiger partial charge >= 0.3 is 5.97 Å². The highest BCUT2D eigenvalue weighted by molar-refractivity contribution is 5.94. The summed E-state index contributed by atoms with van der Waals surface area (Å²) in [6.45, 7) is 15.1. The number of esters is 1. The molecule has 5 rings (SSSR count). The molecule has 0 aromatic carbocycles. The Bertz CT molecular complexity index is 1440. The first-order chi connectivity index (χ1) is 25.5. The van der Waals surface area contributed by atoms with Crippen molar-refractivity contribution < 1.29 is 59.1 Å². The minimum absolute atomic E-state index is 0.0251. The van der Waals surface area contributed by atoms with Gasteiger partial charge in [0.05, 0.1) is 60.5 Å². The van der Waals surface area contributed by atoms with Gasteiger partial charge in [0.1, 0.15) is 11.7 Å². The van der Waals surface area contributed by atoms with E-state index in [4.69, 9.17) is 23.7 Å². The van der Waals surface area contributed by atoms with E-state index in [9.17, 15) is 35.4 Å². The monoisotopic (exact) mass is 762 g/mol. The number of methoxy groups -OCH3 is 1. The normalized spacial score (nSPS) is 41.3. The second-order valence-corrected chi connectivity index (χ2v) is 17.2. The molecule has 12 nitrogen and oxygen atoms in total. The van der Waals surface area contributed by atoms with Gasteiger partial charge < -0.3 is 54.3 Å². The van der Waals surface area contributed by atoms with Crippen molar-refractivity contribution in [1.29, 1.82) is 0 Å². The molecule has 0 amide bonds. The van der Waals surface area contributed by atoms with E-state index in [2.05, 4.69) is 40.3 Å². The summed E-state index contributed by atoms with van der Waals surface area (Å²) >= 11 is 0. The highest BCUT2D eigenvalue weighted by atomic mass is 16.6. The van der Waals surface area contributed by atoms with Gasteiger partial charge in [0.15, 0.2) is 11.5 Å². The number of cyclic esters (lactones) is 1. The summed E-state index contributed by atoms with van der Waals surface area (Å²) < 4.78 is 30.6. The summed E-state index contributed by atoms with van der Waals surface area (Å²) in [6.07, 6.45) is 6.56. The molecular weight excluding hydrogens is 696 g/mol. The second-order valence-electron chi connectivity index (χ2n) is 17.2. The first-order valence-electron chi connectivity index (χ1n) is 20.0. The molecule has 15 unspecified atom stereocenters. The minimum Gasteiger partial charge on any atom is -0.504 e. The molecule has 3 saturated heterocycles. The summed E-state index contributed by atoms with van der Waals surface area (Å²) in [5.41, 5.74) is -0.341. The van der Waals surface area contributed by atoms with Crippen LogP contribution in [0.3, 0.4) is 0 Å². The quantitative estimate of drug-likeness (QED) is 0.107. The molecule has 54 heavy (non-hydrogen) atoms. The van der Waals surface area contributed by atoms with Crippen molar-refractivity contribution >= 4 is 5.97 Å². The number of carbonyl (C=O) groups excluding carboxylic acids is 1. The first-order valence-corrected chi connectivity index (χ1v) is 20.0. The second kappa shape index (κ2) is 17.6. The van der Waals surface area contributed by atoms with Crippen molar-refractivity contribution in [1.82, 2.24) is 0 Å². The lowest BCUT2D eigenvalue weighted by molar-refractivity contribution is -0.150. The van der Waals surface area contributed by atoms with Gasteiger partial charge in [-0.05, 0) is 107 Å². The Hall–Kier alpha value is -2.13. The van der Waals surface area contributed by atoms with Crippen molar-refractivity contribution in [2.24, 2.45) is 29.6 Å². The molecule has 306 valence electrons. The zero-order valence-corrected chi connectivity index (χ0v) is 33.3. The molecule has 0 aromatic heterocycles. The smallest absolute Gasteiger partial charge is 0.346 e. The molecule has 15 atom stereocenters. The maximum absolute atomic E-state index is 12.6. The zero-order valence-electron chi connectivity index (χ0n) is 33.3. The van der Waals surface area contributed by atoms with Crippen LogP contribution in [0.1, 0.15) is 99.3 Å². The van der Waals surface area contributed by atoms with Crippen LogP contribution >= 0.6 is 0 Å². The van der Waals surface area contributed by atoms with Gasteiger partial charge in [-0.3, -0.25) is 0 Å². The van der Waals surface area contributed by atoms with Gasteiger partial charge in [-0.2, -0.15) is 0 Å². The highest BCUT2D eigenvalue weighted by Crippen LogP contribution is 2.48. The molecule has 0 aromatic rings. The van der Waals surface area contributed by atoms with E-state index in [0.29, 0.717) is 37.2 Å². The lowest BCUT2D eigenvalue weighted by Crippen LogP contribution is -2.55. The molecule has 0 spiro atoms. The predicted octanol–water partition coefficient (Wildman–Crippen LogP) is 4.57. The van der Waals surface area contributed by atoms with E-state index in [1.165, 1.54) is 7.11 Å². The van der Waals surface area contributed by atoms with Crippen molar-refractivity contribution in [3.63, 3.8) is 0 Å². The molecule has 12 heteroatoms. The van der Waals surface area contributed by atoms with Crippen LogP contribution in [0.25, 0.3) is 0 Å². The number of allylic oxidation sites excluding steroid dienone is 1. The van der Waals surface area contributed by atoms with Crippen LogP contribution in [0.5, 0.6) is 0 Å². The van der Waals surface area contributed by atoms with Crippen LogP contribution < -0.4 is 0 Å². The van der Waals surface area contributed by atoms with Crippen molar-refractivity contribution in [3.8, 4) is 0 Å². The van der Waals surface area contributed by atoms with Gasteiger partial charge in [0.25, 0.3) is 0 Å². The van der Waals surface area contributed by atoms with Gasteiger partial charge in [0, 0.05) is 25.6 Å². The molecule has 4 aliphatic heterocycles. The fraction of sp³-hybridized carbons (Fsp3) is 0.786. The lowest BCUT2D eigenvalue weighted by Gasteiger charge is -2.49. The maximum Gasteiger partial charge on any atom is 0.346 e. The van der Waals surface area contributed by atoms with Crippen LogP contribution in [0.15, 0.2) is 47.0 Å². The fourth-order valence-electron chi connectivity index (χ4n) is 10.1. The molecule has 5 aliphatic rings. The van der Waals surface area contributed by atoms with Crippen molar-refractivity contribution in [2.75, 3.05) is 20.3 Å². The Balaban J connectivity index is 1.32. The number of aliphatic hydroxyl groups excluding tert-OH is 5. The first kappa shape index (κ1) is 43.0. The summed E-state index contributed by atoms with van der Waals surface area (Å²) in [5.74, 6) is -3.10. The van der Waals surface area contributed by atoms with Crippen LogP contribution in [0, 0.1) is 29.6 Å². The van der Waals surface area contributed by atoms with Gasteiger partial charge in [0.2, 0.25) is 0 Å². The number of rotatable bonds is 14. The van der Waals surface area contributed by atoms with E-state index in [0.717, 1.165) is 37.7 Å². The Morgan fingerprint density at radius 1 is 1.07 bits per heavy atom. The SMILES string of the molecule is C=C1OC(=O)C(C(O)C(OC)C2C(/C=C(\CO)C3CCC(C)C(/C(C)=C\CC4OC(C)(C5CCC(C(O)CC)O5)CC4C)O3)CCC(C)(O)C2CO)=C1O. The topological polar surface area (TPSA) is 185 Å². The summed E-state index contributed by atoms with van der Waals surface area (Å²) in [6, 6.07) is 0. The summed E-state index contributed by atoms with van der Waals surface area (Å²) in [5, 5.41) is 65.1. The van der Waals surface area contributed by atoms with Crippen LogP contribution in [0.2, 0.25) is 0 Å². The molecule has 4 fully saturated rings. The van der Waals surface area contributed by atoms with Gasteiger partial charge in [-0.25, -0.2) is 4.79 Å². The Morgan fingerprint density at radius 3 is 2.41 bits per heavy atom. The molecule has 6 N–H and O–H groups in total. The number of aliphatic hydroxyl groups is 6. The Kier molecular flexibility index (Phi) is 14.0. The van der Waals surface area contributed by atoms with Gasteiger partial charge in [-0.1, -0.05) is 39.5 Å². The van der Waals surface area contributed by atoms with E-state index in [1.807, 2.05) is 13.0 Å². The van der Waals surface area contributed by atoms with Crippen molar-refractivity contribution in [3.05, 3.63) is 47.0 Å². The molecule has 1 aliphatic carbocycles. The van der Waals surface area contributed by atoms with Crippen molar-refractivity contribution in [2.45, 2.75) is 159 Å². The maximum atomic E-state index is 12.6. The number of carbonyl (C=O) groups is 1. The van der Waals surface area contributed by atoms with Crippen LogP contribution in [-0.4, -0.2) is 117 Å². The lowest BCUT2D eigenvalue weighted by atomic mass is 9.61. The molecule has 1 saturated carbocycles. The molecule has 0 bridgehead atoms. The van der Waals surface area contributed by atoms with E-state index >= 15 is 0 Å². The summed E-state index contributed by atoms with van der Waals surface area (Å²) in [4.78, 5) is 12.6. The predicted molar refractivity (Wildman–Crippen MR) is 201 cm³/mol. The highest BCUT2D eigenvalue weighted by Gasteiger charge is 2.53. The third-order valence-corrected chi connectivity index (χ3v) is 13.4. The standard InChI is InChI=1S/C42H66O12/c1-9-29(45)32-14-15-33(52-32)42(7)19-24(4)30(54-42)12-10-22(2)38-23(3)11-13-31(53-38)27(20-43)18-26-16-17-41(6,49)28(21-44)34(26)39(50-8)37(47)35-36(46)25(5)51-40(35)48/h10,18,23-24,26,28-34,37-39,43-47,49H,5,9,11-17,19-21H2,1-4,6-8H3/b22-10-,27-18+. The average molecular weight is 763 g/mol. The van der Waals surface area contributed by atoms with E-state index in [1.54, 1.807) is 6.92 Å². The summed E-state index contributed by atoms with van der Waals surface area (Å²) in [7, 11) is 1.37. The third-order valence-electron chi connectivity index (χ3n) is 13.4. The minimum atomic E-state index is -1.65. The average Bonchev–Trinajstić information content (AvgIpc) is 3.82. The third kappa shape index (κ3) is 8.72. The number of hydrogen-bond donors (Lipinski definition) is 6. The molecular formula is C42H66O12. The fourth-order valence-corrected chi connectivity index (χ4v) is 10.1.